The molecule has 0 saturated heterocycles. The Labute approximate surface area is 208 Å². The summed E-state index contributed by atoms with van der Waals surface area (Å²) in [5.74, 6) is 0. The fourth-order valence-corrected chi connectivity index (χ4v) is 3.87. The molecule has 5 heteroatoms. The van der Waals surface area contributed by atoms with Gasteiger partial charge in [0.15, 0.2) is 0 Å². The van der Waals surface area contributed by atoms with Crippen LogP contribution >= 0.6 is 0 Å². The number of aliphatic hydroxyl groups is 3. The third-order valence-electron chi connectivity index (χ3n) is 5.69. The Morgan fingerprint density at radius 2 is 1.00 bits per heavy atom. The SMILES string of the molecule is CO.[CH2-]CCCCN(CC(O)CCCCCCCC)CC(O)CCCCCCCC.[Ir]. The van der Waals surface area contributed by atoms with Crippen molar-refractivity contribution in [2.24, 2.45) is 0 Å². The van der Waals surface area contributed by atoms with Crippen molar-refractivity contribution >= 4 is 0 Å². The van der Waals surface area contributed by atoms with E-state index < -0.39 is 0 Å². The molecule has 2 atom stereocenters. The largest absolute Gasteiger partial charge is 0.400 e. The quantitative estimate of drug-likeness (QED) is 0.101. The van der Waals surface area contributed by atoms with Gasteiger partial charge in [-0.05, 0) is 25.8 Å². The van der Waals surface area contributed by atoms with Crippen LogP contribution in [-0.2, 0) is 20.1 Å². The molecule has 2 unspecified atom stereocenters. The van der Waals surface area contributed by atoms with E-state index in [1.54, 1.807) is 0 Å². The monoisotopic (exact) mass is 623 g/mol. The Kier molecular flexibility index (Phi) is 35.5. The van der Waals surface area contributed by atoms with Crippen LogP contribution in [0.2, 0.25) is 0 Å². The third-order valence-corrected chi connectivity index (χ3v) is 5.69. The second-order valence-corrected chi connectivity index (χ2v) is 8.74. The number of hydrogen-bond donors (Lipinski definition) is 3. The summed E-state index contributed by atoms with van der Waals surface area (Å²) in [5.41, 5.74) is 0. The van der Waals surface area contributed by atoms with E-state index in [1.165, 1.54) is 64.2 Å². The maximum absolute atomic E-state index is 10.5. The second kappa shape index (κ2) is 30.5. The number of rotatable bonds is 22. The summed E-state index contributed by atoms with van der Waals surface area (Å²) in [6, 6.07) is 0. The number of nitrogens with zero attached hydrogens (tertiary/aromatic N) is 1. The van der Waals surface area contributed by atoms with E-state index >= 15 is 0 Å². The number of hydrogen-bond acceptors (Lipinski definition) is 4. The van der Waals surface area contributed by atoms with E-state index in [0.717, 1.165) is 58.6 Å². The summed E-state index contributed by atoms with van der Waals surface area (Å²) >= 11 is 0. The van der Waals surface area contributed by atoms with E-state index in [4.69, 9.17) is 5.11 Å². The van der Waals surface area contributed by atoms with Crippen molar-refractivity contribution in [3.63, 3.8) is 0 Å². The van der Waals surface area contributed by atoms with Gasteiger partial charge in [0.25, 0.3) is 0 Å². The van der Waals surface area contributed by atoms with E-state index in [0.29, 0.717) is 13.1 Å². The maximum atomic E-state index is 10.5. The zero-order valence-corrected chi connectivity index (χ0v) is 23.5. The van der Waals surface area contributed by atoms with Gasteiger partial charge in [0, 0.05) is 40.3 Å². The molecule has 0 heterocycles. The molecule has 4 nitrogen and oxygen atoms in total. The molecule has 0 aliphatic heterocycles. The first-order valence-electron chi connectivity index (χ1n) is 13.0. The smallest absolute Gasteiger partial charge is 0.0667 e. The molecule has 193 valence electrons. The van der Waals surface area contributed by atoms with Crippen LogP contribution in [0, 0.1) is 6.92 Å². The van der Waals surface area contributed by atoms with Crippen LogP contribution in [0.15, 0.2) is 0 Å². The summed E-state index contributed by atoms with van der Waals surface area (Å²) in [6.45, 7) is 10.8. The summed E-state index contributed by atoms with van der Waals surface area (Å²) in [6.07, 6.45) is 19.7. The van der Waals surface area contributed by atoms with Gasteiger partial charge in [0.2, 0.25) is 0 Å². The molecule has 3 N–H and O–H groups in total. The molecule has 0 aliphatic carbocycles. The molecule has 0 aliphatic rings. The predicted octanol–water partition coefficient (Wildman–Crippen LogP) is 6.12. The molecule has 0 aromatic rings. The van der Waals surface area contributed by atoms with Crippen molar-refractivity contribution in [3.8, 4) is 0 Å². The molecule has 1 radical (unpaired) electrons. The van der Waals surface area contributed by atoms with E-state index in [1.807, 2.05) is 0 Å². The zero-order chi connectivity index (χ0) is 22.9. The van der Waals surface area contributed by atoms with E-state index in [9.17, 15) is 10.2 Å². The van der Waals surface area contributed by atoms with Crippen molar-refractivity contribution in [1.82, 2.24) is 4.90 Å². The summed E-state index contributed by atoms with van der Waals surface area (Å²) < 4.78 is 0. The van der Waals surface area contributed by atoms with Gasteiger partial charge >= 0.3 is 0 Å². The molecule has 0 amide bonds. The molecule has 0 fully saturated rings. The normalized spacial score (nSPS) is 12.8. The molecule has 0 saturated carbocycles. The minimum atomic E-state index is -0.257. The van der Waals surface area contributed by atoms with Gasteiger partial charge in [-0.2, -0.15) is 6.42 Å². The van der Waals surface area contributed by atoms with Gasteiger partial charge < -0.3 is 22.2 Å². The summed E-state index contributed by atoms with van der Waals surface area (Å²) in [7, 11) is 1.00. The number of unbranched alkanes of at least 4 members (excludes halogenated alkanes) is 12. The minimum Gasteiger partial charge on any atom is -0.400 e. The van der Waals surface area contributed by atoms with Crippen LogP contribution in [-0.4, -0.2) is 59.2 Å². The molecule has 0 bridgehead atoms. The van der Waals surface area contributed by atoms with Crippen molar-refractivity contribution < 1.29 is 35.4 Å². The fourth-order valence-electron chi connectivity index (χ4n) is 3.87. The first-order chi connectivity index (χ1) is 14.6. The van der Waals surface area contributed by atoms with Gasteiger partial charge in [-0.1, -0.05) is 97.3 Å². The first-order valence-corrected chi connectivity index (χ1v) is 13.0. The second-order valence-electron chi connectivity index (χ2n) is 8.74. The Morgan fingerprint density at radius 3 is 1.39 bits per heavy atom. The summed E-state index contributed by atoms with van der Waals surface area (Å²) in [5, 5.41) is 27.9. The standard InChI is InChI=1S/C25H52NO2.CH4O.Ir/c1-4-7-10-12-14-16-19-24(27)22-26(21-18-9-6-3)23-25(28)20-17-15-13-11-8-5-2;1-2;/h24-25,27-28H,3-23H2,1-2H3;2H,1H3;/q-1;;. The Morgan fingerprint density at radius 1 is 0.613 bits per heavy atom. The predicted molar refractivity (Wildman–Crippen MR) is 132 cm³/mol. The Bertz CT molecular complexity index is 284. The van der Waals surface area contributed by atoms with Gasteiger partial charge in [0.05, 0.1) is 12.2 Å². The Hall–Kier alpha value is 0.489. The molecule has 0 spiro atoms. The average Bonchev–Trinajstić information content (AvgIpc) is 2.74. The van der Waals surface area contributed by atoms with Crippen LogP contribution in [0.5, 0.6) is 0 Å². The molecule has 0 aromatic heterocycles. The van der Waals surface area contributed by atoms with Crippen molar-refractivity contribution in [2.75, 3.05) is 26.7 Å². The molecule has 31 heavy (non-hydrogen) atoms. The van der Waals surface area contributed by atoms with Crippen molar-refractivity contribution in [3.05, 3.63) is 6.92 Å². The van der Waals surface area contributed by atoms with Crippen LogP contribution in [0.25, 0.3) is 0 Å². The van der Waals surface area contributed by atoms with E-state index in [2.05, 4.69) is 25.7 Å². The molecular formula is C26H56IrNO3-. The topological polar surface area (TPSA) is 63.9 Å². The van der Waals surface area contributed by atoms with Gasteiger partial charge in [-0.15, -0.1) is 0 Å². The third kappa shape index (κ3) is 28.5. The van der Waals surface area contributed by atoms with Crippen molar-refractivity contribution in [1.29, 1.82) is 0 Å². The van der Waals surface area contributed by atoms with Crippen LogP contribution < -0.4 is 0 Å². The van der Waals surface area contributed by atoms with Crippen LogP contribution in [0.3, 0.4) is 0 Å². The molecular weight excluding hydrogens is 567 g/mol. The van der Waals surface area contributed by atoms with Crippen molar-refractivity contribution in [2.45, 2.75) is 135 Å². The summed E-state index contributed by atoms with van der Waals surface area (Å²) in [4.78, 5) is 2.29. The van der Waals surface area contributed by atoms with Crippen LogP contribution in [0.1, 0.15) is 123 Å². The first kappa shape index (κ1) is 36.1. The average molecular weight is 623 g/mol. The minimum absolute atomic E-state index is 0. The molecule has 0 aromatic carbocycles. The van der Waals surface area contributed by atoms with Gasteiger partial charge in [0.1, 0.15) is 0 Å². The Balaban J connectivity index is -0.00000253. The fraction of sp³-hybridized carbons (Fsp3) is 0.962. The van der Waals surface area contributed by atoms with E-state index in [-0.39, 0.29) is 32.3 Å². The zero-order valence-electron chi connectivity index (χ0n) is 21.1. The van der Waals surface area contributed by atoms with Gasteiger partial charge in [-0.25, -0.2) is 0 Å². The van der Waals surface area contributed by atoms with Crippen LogP contribution in [0.4, 0.5) is 0 Å². The van der Waals surface area contributed by atoms with Gasteiger partial charge in [-0.3, -0.25) is 4.90 Å². The number of aliphatic hydroxyl groups excluding tert-OH is 3. The maximum Gasteiger partial charge on any atom is 0.0667 e. The molecule has 0 rings (SSSR count).